The average molecular weight is 341 g/mol. The van der Waals surface area contributed by atoms with Crippen LogP contribution in [0.3, 0.4) is 0 Å². The second-order valence-electron chi connectivity index (χ2n) is 7.14. The Kier molecular flexibility index (Phi) is 5.93. The second-order valence-corrected chi connectivity index (χ2v) is 7.14. The van der Waals surface area contributed by atoms with Gasteiger partial charge < -0.3 is 10.2 Å². The quantitative estimate of drug-likeness (QED) is 0.835. The molecular formula is C18H25F2NO3. The summed E-state index contributed by atoms with van der Waals surface area (Å²) < 4.78 is 26.9. The van der Waals surface area contributed by atoms with E-state index in [0.717, 1.165) is 6.07 Å². The third-order valence-corrected chi connectivity index (χ3v) is 4.87. The lowest BCUT2D eigenvalue weighted by molar-refractivity contribution is -0.165. The highest BCUT2D eigenvalue weighted by molar-refractivity contribution is 5.76. The van der Waals surface area contributed by atoms with Gasteiger partial charge in [0.25, 0.3) is 0 Å². The highest BCUT2D eigenvalue weighted by Crippen LogP contribution is 2.37. The molecule has 0 radical (unpaired) electrons. The minimum Gasteiger partial charge on any atom is -0.481 e. The summed E-state index contributed by atoms with van der Waals surface area (Å²) in [5.74, 6) is -1.95. The normalized spacial score (nSPS) is 25.2. The van der Waals surface area contributed by atoms with Crippen LogP contribution in [0.1, 0.15) is 38.7 Å². The van der Waals surface area contributed by atoms with Gasteiger partial charge in [-0.05, 0) is 31.2 Å². The molecule has 0 saturated carbocycles. The topological polar surface area (TPSA) is 60.8 Å². The van der Waals surface area contributed by atoms with Crippen LogP contribution in [0.15, 0.2) is 18.2 Å². The molecule has 1 heterocycles. The summed E-state index contributed by atoms with van der Waals surface area (Å²) in [5.41, 5.74) is -0.908. The van der Waals surface area contributed by atoms with E-state index in [9.17, 15) is 23.8 Å². The molecule has 1 aliphatic rings. The van der Waals surface area contributed by atoms with E-state index in [4.69, 9.17) is 0 Å². The number of aliphatic hydroxyl groups excluding tert-OH is 1. The average Bonchev–Trinajstić information content (AvgIpc) is 2.50. The zero-order valence-corrected chi connectivity index (χ0v) is 14.1. The minimum atomic E-state index is -1.24. The fourth-order valence-corrected chi connectivity index (χ4v) is 3.30. The Morgan fingerprint density at radius 3 is 2.71 bits per heavy atom. The predicted molar refractivity (Wildman–Crippen MR) is 86.4 cm³/mol. The monoisotopic (exact) mass is 341 g/mol. The molecule has 0 aromatic heterocycles. The predicted octanol–water partition coefficient (Wildman–Crippen LogP) is 3.04. The number of likely N-dealkylation sites (tertiary alicyclic amines) is 1. The van der Waals surface area contributed by atoms with Gasteiger partial charge in [-0.3, -0.25) is 9.69 Å². The summed E-state index contributed by atoms with van der Waals surface area (Å²) >= 11 is 0. The number of piperidine rings is 1. The van der Waals surface area contributed by atoms with Crippen molar-refractivity contribution in [1.82, 2.24) is 4.90 Å². The molecule has 134 valence electrons. The molecule has 1 aromatic rings. The van der Waals surface area contributed by atoms with Crippen molar-refractivity contribution >= 4 is 5.97 Å². The summed E-state index contributed by atoms with van der Waals surface area (Å²) in [6, 6.07) is 3.41. The van der Waals surface area contributed by atoms with Crippen molar-refractivity contribution in [3.05, 3.63) is 35.4 Å². The molecular weight excluding hydrogens is 316 g/mol. The molecule has 2 rings (SSSR count). The molecule has 0 bridgehead atoms. The van der Waals surface area contributed by atoms with Crippen molar-refractivity contribution < 1.29 is 23.8 Å². The Labute approximate surface area is 141 Å². The van der Waals surface area contributed by atoms with Crippen molar-refractivity contribution in [2.75, 3.05) is 13.1 Å². The fraction of sp³-hybridized carbons (Fsp3) is 0.611. The number of carboxylic acid groups (broad SMARTS) is 1. The van der Waals surface area contributed by atoms with Gasteiger partial charge in [0, 0.05) is 31.3 Å². The number of benzene rings is 1. The van der Waals surface area contributed by atoms with Crippen LogP contribution in [0.4, 0.5) is 8.78 Å². The third kappa shape index (κ3) is 4.11. The van der Waals surface area contributed by atoms with Crippen LogP contribution < -0.4 is 0 Å². The number of rotatable bonds is 6. The van der Waals surface area contributed by atoms with Gasteiger partial charge in [-0.15, -0.1) is 0 Å². The van der Waals surface area contributed by atoms with Gasteiger partial charge in [0.1, 0.15) is 17.0 Å². The van der Waals surface area contributed by atoms with Gasteiger partial charge in [-0.2, -0.15) is 0 Å². The molecule has 1 fully saturated rings. The smallest absolute Gasteiger partial charge is 0.313 e. The number of nitrogens with zero attached hydrogens (tertiary/aromatic N) is 1. The van der Waals surface area contributed by atoms with Crippen LogP contribution in [0.25, 0.3) is 0 Å². The summed E-state index contributed by atoms with van der Waals surface area (Å²) in [7, 11) is 0. The number of hydrogen-bond acceptors (Lipinski definition) is 3. The third-order valence-electron chi connectivity index (χ3n) is 4.87. The Hall–Kier alpha value is -1.53. The van der Waals surface area contributed by atoms with Gasteiger partial charge in [0.15, 0.2) is 0 Å². The fourth-order valence-electron chi connectivity index (χ4n) is 3.30. The molecule has 1 aliphatic heterocycles. The van der Waals surface area contributed by atoms with Crippen molar-refractivity contribution in [2.45, 2.75) is 45.8 Å². The molecule has 0 spiro atoms. The number of aliphatic hydroxyl groups is 1. The molecule has 1 aromatic carbocycles. The van der Waals surface area contributed by atoms with Gasteiger partial charge in [-0.25, -0.2) is 8.78 Å². The van der Waals surface area contributed by atoms with Gasteiger partial charge in [0.05, 0.1) is 6.10 Å². The molecule has 6 heteroatoms. The first kappa shape index (κ1) is 18.8. The van der Waals surface area contributed by atoms with E-state index in [1.54, 1.807) is 0 Å². The minimum absolute atomic E-state index is 0.160. The lowest BCUT2D eigenvalue weighted by atomic mass is 9.72. The molecule has 1 saturated heterocycles. The summed E-state index contributed by atoms with van der Waals surface area (Å²) in [4.78, 5) is 13.7. The standard InChI is InChI=1S/C18H25F2NO3/c1-12(2)5-7-18(17(23)24)11-21(8-6-16(18)22)10-13-3-4-14(19)9-15(13)20/h3-4,9,12,16,22H,5-8,10-11H2,1-2H3,(H,23,24)/t16-,18+/m0/s1. The molecule has 0 aliphatic carbocycles. The van der Waals surface area contributed by atoms with Crippen LogP contribution in [-0.4, -0.2) is 40.3 Å². The summed E-state index contributed by atoms with van der Waals surface area (Å²) in [5, 5.41) is 20.1. The molecule has 0 amide bonds. The first-order valence-corrected chi connectivity index (χ1v) is 8.32. The summed E-state index contributed by atoms with van der Waals surface area (Å²) in [6.07, 6.45) is 0.488. The van der Waals surface area contributed by atoms with Crippen LogP contribution >= 0.6 is 0 Å². The SMILES string of the molecule is CC(C)CC[C@@]1(C(=O)O)CN(Cc2ccc(F)cc2F)CC[C@@H]1O. The molecule has 4 nitrogen and oxygen atoms in total. The van der Waals surface area contributed by atoms with Gasteiger partial charge >= 0.3 is 5.97 Å². The van der Waals surface area contributed by atoms with Crippen LogP contribution in [0.5, 0.6) is 0 Å². The number of aliphatic carboxylic acids is 1. The van der Waals surface area contributed by atoms with Crippen LogP contribution in [0.2, 0.25) is 0 Å². The van der Waals surface area contributed by atoms with Crippen molar-refractivity contribution in [2.24, 2.45) is 11.3 Å². The lowest BCUT2D eigenvalue weighted by Gasteiger charge is -2.43. The summed E-state index contributed by atoms with van der Waals surface area (Å²) in [6.45, 7) is 4.87. The van der Waals surface area contributed by atoms with E-state index >= 15 is 0 Å². The van der Waals surface area contributed by atoms with E-state index in [2.05, 4.69) is 0 Å². The number of hydrogen-bond donors (Lipinski definition) is 2. The maximum Gasteiger partial charge on any atom is 0.313 e. The number of carboxylic acids is 1. The van der Waals surface area contributed by atoms with Crippen molar-refractivity contribution in [3.63, 3.8) is 0 Å². The largest absolute Gasteiger partial charge is 0.481 e. The van der Waals surface area contributed by atoms with E-state index < -0.39 is 29.1 Å². The number of halogens is 2. The van der Waals surface area contributed by atoms with Gasteiger partial charge in [-0.1, -0.05) is 19.9 Å². The maximum atomic E-state index is 13.9. The molecule has 0 unspecified atom stereocenters. The highest BCUT2D eigenvalue weighted by atomic mass is 19.1. The van der Waals surface area contributed by atoms with Crippen molar-refractivity contribution in [1.29, 1.82) is 0 Å². The lowest BCUT2D eigenvalue weighted by Crippen LogP contribution is -2.55. The first-order valence-electron chi connectivity index (χ1n) is 8.32. The first-order chi connectivity index (χ1) is 11.2. The Balaban J connectivity index is 2.17. The Morgan fingerprint density at radius 1 is 1.42 bits per heavy atom. The van der Waals surface area contributed by atoms with Crippen LogP contribution in [0, 0.1) is 23.0 Å². The second kappa shape index (κ2) is 7.57. The zero-order valence-electron chi connectivity index (χ0n) is 14.1. The number of carbonyl (C=O) groups is 1. The zero-order chi connectivity index (χ0) is 17.9. The molecule has 2 atom stereocenters. The maximum absolute atomic E-state index is 13.9. The molecule has 24 heavy (non-hydrogen) atoms. The molecule has 2 N–H and O–H groups in total. The van der Waals surface area contributed by atoms with Gasteiger partial charge in [0.2, 0.25) is 0 Å². The van der Waals surface area contributed by atoms with E-state index in [1.807, 2.05) is 18.7 Å². The van der Waals surface area contributed by atoms with Crippen molar-refractivity contribution in [3.8, 4) is 0 Å². The van der Waals surface area contributed by atoms with E-state index in [1.165, 1.54) is 12.1 Å². The highest BCUT2D eigenvalue weighted by Gasteiger charge is 2.48. The Morgan fingerprint density at radius 2 is 2.12 bits per heavy atom. The van der Waals surface area contributed by atoms with Crippen LogP contribution in [-0.2, 0) is 11.3 Å². The van der Waals surface area contributed by atoms with E-state index in [-0.39, 0.29) is 13.1 Å². The Bertz CT molecular complexity index is 594. The van der Waals surface area contributed by atoms with E-state index in [0.29, 0.717) is 37.3 Å².